The Morgan fingerprint density at radius 2 is 2.11 bits per heavy atom. The van der Waals surface area contributed by atoms with Crippen LogP contribution in [0.2, 0.25) is 0 Å². The molecule has 2 aliphatic heterocycles. The van der Waals surface area contributed by atoms with Crippen molar-refractivity contribution in [2.75, 3.05) is 20.1 Å². The van der Waals surface area contributed by atoms with Crippen molar-refractivity contribution in [1.82, 2.24) is 9.80 Å². The highest BCUT2D eigenvalue weighted by Crippen LogP contribution is 2.66. The van der Waals surface area contributed by atoms with Crippen molar-refractivity contribution in [2.45, 2.75) is 67.7 Å². The van der Waals surface area contributed by atoms with Crippen LogP contribution in [-0.4, -0.2) is 69.8 Å². The van der Waals surface area contributed by atoms with Crippen molar-refractivity contribution in [3.63, 3.8) is 0 Å². The summed E-state index contributed by atoms with van der Waals surface area (Å²) in [6, 6.07) is 5.38. The van der Waals surface area contributed by atoms with Crippen molar-refractivity contribution in [3.8, 4) is 11.5 Å². The number of amides is 1. The fourth-order valence-electron chi connectivity index (χ4n) is 7.67. The van der Waals surface area contributed by atoms with Crippen LogP contribution in [0.3, 0.4) is 0 Å². The zero-order valence-electron chi connectivity index (χ0n) is 20.0. The molecule has 7 nitrogen and oxygen atoms in total. The van der Waals surface area contributed by atoms with Gasteiger partial charge in [0.2, 0.25) is 5.91 Å². The van der Waals surface area contributed by atoms with E-state index in [2.05, 4.69) is 4.90 Å². The normalized spacial score (nSPS) is 35.1. The molecule has 3 fully saturated rings. The minimum absolute atomic E-state index is 0.0360. The molecule has 1 saturated heterocycles. The van der Waals surface area contributed by atoms with E-state index in [0.29, 0.717) is 18.6 Å². The van der Waals surface area contributed by atoms with E-state index >= 15 is 0 Å². The van der Waals surface area contributed by atoms with Gasteiger partial charge >= 0.3 is 0 Å². The van der Waals surface area contributed by atoms with Crippen molar-refractivity contribution < 1.29 is 24.2 Å². The zero-order chi connectivity index (χ0) is 23.9. The van der Waals surface area contributed by atoms with E-state index in [9.17, 15) is 15.0 Å². The number of aromatic hydroxyl groups is 1. The molecule has 2 N–H and O–H groups in total. The van der Waals surface area contributed by atoms with Crippen LogP contribution in [0, 0.1) is 5.92 Å². The first-order valence-corrected chi connectivity index (χ1v) is 12.9. The van der Waals surface area contributed by atoms with E-state index in [0.717, 1.165) is 43.0 Å². The van der Waals surface area contributed by atoms with Crippen LogP contribution >= 0.6 is 0 Å². The largest absolute Gasteiger partial charge is 0.504 e. The van der Waals surface area contributed by atoms with Gasteiger partial charge in [-0.05, 0) is 74.8 Å². The minimum atomic E-state index is -0.941. The molecule has 7 heteroatoms. The number of hydrogen-bond acceptors (Lipinski definition) is 6. The number of benzene rings is 1. The van der Waals surface area contributed by atoms with E-state index in [1.54, 1.807) is 35.6 Å². The summed E-state index contributed by atoms with van der Waals surface area (Å²) in [5, 5.41) is 23.3. The van der Waals surface area contributed by atoms with Gasteiger partial charge in [0.05, 0.1) is 29.6 Å². The third-order valence-corrected chi connectivity index (χ3v) is 9.54. The summed E-state index contributed by atoms with van der Waals surface area (Å²) >= 11 is 0. The molecule has 5 aliphatic rings. The Bertz CT molecular complexity index is 1200. The number of carbonyl (C=O) groups is 1. The summed E-state index contributed by atoms with van der Waals surface area (Å²) in [6.45, 7) is 1.96. The Morgan fingerprint density at radius 3 is 2.89 bits per heavy atom. The number of aliphatic hydroxyl groups is 1. The second-order valence-electron chi connectivity index (χ2n) is 11.2. The van der Waals surface area contributed by atoms with Crippen molar-refractivity contribution in [1.29, 1.82) is 0 Å². The Morgan fingerprint density at radius 1 is 1.26 bits per heavy atom. The van der Waals surface area contributed by atoms with Gasteiger partial charge in [-0.2, -0.15) is 0 Å². The zero-order valence-corrected chi connectivity index (χ0v) is 20.0. The van der Waals surface area contributed by atoms with Gasteiger partial charge < -0.3 is 24.3 Å². The predicted molar refractivity (Wildman–Crippen MR) is 129 cm³/mol. The number of likely N-dealkylation sites (tertiary alicyclic amines) is 1. The summed E-state index contributed by atoms with van der Waals surface area (Å²) in [6.07, 6.45) is 11.5. The van der Waals surface area contributed by atoms with Gasteiger partial charge in [-0.1, -0.05) is 6.07 Å². The lowest BCUT2D eigenvalue weighted by Gasteiger charge is -2.64. The molecular formula is C28H32N2O5. The average Bonchev–Trinajstić information content (AvgIpc) is 3.36. The van der Waals surface area contributed by atoms with Gasteiger partial charge in [0.15, 0.2) is 11.5 Å². The lowest BCUT2D eigenvalue weighted by atomic mass is 9.48. The molecule has 1 aromatic carbocycles. The number of likely N-dealkylation sites (N-methyl/N-ethyl adjacent to an activating group) is 1. The van der Waals surface area contributed by atoms with E-state index in [4.69, 9.17) is 9.15 Å². The van der Waals surface area contributed by atoms with Crippen LogP contribution in [0.4, 0.5) is 0 Å². The lowest BCUT2D eigenvalue weighted by Crippen LogP contribution is -2.78. The van der Waals surface area contributed by atoms with E-state index < -0.39 is 17.1 Å². The van der Waals surface area contributed by atoms with Gasteiger partial charge in [0.25, 0.3) is 0 Å². The molecule has 1 amide bonds. The lowest BCUT2D eigenvalue weighted by molar-refractivity contribution is -0.200. The topological polar surface area (TPSA) is 86.4 Å². The van der Waals surface area contributed by atoms with Crippen LogP contribution in [-0.2, 0) is 16.6 Å². The molecule has 2 saturated carbocycles. The first-order chi connectivity index (χ1) is 16.9. The second-order valence-corrected chi connectivity index (χ2v) is 11.2. The number of nitrogens with zero attached hydrogens (tertiary/aromatic N) is 2. The number of phenols is 1. The summed E-state index contributed by atoms with van der Waals surface area (Å²) in [4.78, 5) is 17.5. The maximum absolute atomic E-state index is 13.2. The summed E-state index contributed by atoms with van der Waals surface area (Å²) in [7, 11) is 1.82. The third-order valence-electron chi connectivity index (χ3n) is 9.54. The Balaban J connectivity index is 1.28. The Kier molecular flexibility index (Phi) is 4.53. The summed E-state index contributed by atoms with van der Waals surface area (Å²) in [5.41, 5.74) is 1.44. The SMILES string of the molecule is CN(C(=O)/C=C/c1ccoc1)[C@@H]1CC[C@@]2(O)[C@H]3Cc4ccc(O)c5c4C2(CCN3CC2CC2)C1O5. The molecule has 2 bridgehead atoms. The van der Waals surface area contributed by atoms with E-state index in [1.165, 1.54) is 18.4 Å². The molecule has 3 heterocycles. The molecule has 3 aliphatic carbocycles. The van der Waals surface area contributed by atoms with Gasteiger partial charge in [0, 0.05) is 36.8 Å². The van der Waals surface area contributed by atoms with Crippen LogP contribution in [0.5, 0.6) is 11.5 Å². The second kappa shape index (κ2) is 7.37. The van der Waals surface area contributed by atoms with Crippen molar-refractivity contribution in [2.24, 2.45) is 5.92 Å². The highest BCUT2D eigenvalue weighted by atomic mass is 16.5. The molecule has 2 aromatic rings. The first kappa shape index (κ1) is 21.5. The Labute approximate surface area is 205 Å². The fraction of sp³-hybridized carbons (Fsp3) is 0.536. The quantitative estimate of drug-likeness (QED) is 0.645. The predicted octanol–water partition coefficient (Wildman–Crippen LogP) is 3.09. The van der Waals surface area contributed by atoms with Crippen LogP contribution in [0.1, 0.15) is 48.8 Å². The Hall–Kier alpha value is -2.77. The highest BCUT2D eigenvalue weighted by molar-refractivity contribution is 5.91. The summed E-state index contributed by atoms with van der Waals surface area (Å²) in [5.74, 6) is 1.28. The standard InChI is InChI=1S/C28H32N2O5/c1-29(23(32)7-4-18-9-13-34-16-18)20-8-10-28(33)22-14-19-5-6-21(31)25-24(19)27(28,26(20)35-25)11-12-30(22)15-17-2-3-17/h4-7,9,13,16-17,20,22,26,31,33H,2-3,8,10-12,14-15H2,1H3/b7-4+/t20-,22-,26?,27?,28-/m1/s1. The molecule has 184 valence electrons. The molecule has 1 aromatic heterocycles. The third kappa shape index (κ3) is 2.88. The average molecular weight is 477 g/mol. The van der Waals surface area contributed by atoms with Gasteiger partial charge in [-0.25, -0.2) is 0 Å². The van der Waals surface area contributed by atoms with Gasteiger partial charge in [-0.15, -0.1) is 0 Å². The molecule has 1 spiro atoms. The minimum Gasteiger partial charge on any atom is -0.504 e. The molecular weight excluding hydrogens is 444 g/mol. The fourth-order valence-corrected chi connectivity index (χ4v) is 7.67. The highest BCUT2D eigenvalue weighted by Gasteiger charge is 2.73. The molecule has 7 rings (SSSR count). The number of rotatable bonds is 5. The number of carbonyl (C=O) groups excluding carboxylic acids is 1. The maximum Gasteiger partial charge on any atom is 0.246 e. The van der Waals surface area contributed by atoms with Crippen molar-refractivity contribution >= 4 is 12.0 Å². The smallest absolute Gasteiger partial charge is 0.246 e. The van der Waals surface area contributed by atoms with Crippen LogP contribution in [0.15, 0.2) is 41.2 Å². The monoisotopic (exact) mass is 476 g/mol. The molecule has 35 heavy (non-hydrogen) atoms. The first-order valence-electron chi connectivity index (χ1n) is 12.9. The molecule has 0 radical (unpaired) electrons. The van der Waals surface area contributed by atoms with Gasteiger partial charge in [0.1, 0.15) is 6.10 Å². The summed E-state index contributed by atoms with van der Waals surface area (Å²) < 4.78 is 11.7. The van der Waals surface area contributed by atoms with Crippen molar-refractivity contribution in [3.05, 3.63) is 53.5 Å². The van der Waals surface area contributed by atoms with E-state index in [1.807, 2.05) is 19.2 Å². The van der Waals surface area contributed by atoms with Crippen LogP contribution in [0.25, 0.3) is 6.08 Å². The molecule has 2 unspecified atom stereocenters. The van der Waals surface area contributed by atoms with E-state index in [-0.39, 0.29) is 23.7 Å². The van der Waals surface area contributed by atoms with Gasteiger partial charge in [-0.3, -0.25) is 9.69 Å². The number of ether oxygens (including phenoxy) is 1. The number of piperidine rings is 1. The number of phenolic OH excluding ortho intramolecular Hbond substituents is 1. The maximum atomic E-state index is 13.2. The molecule has 5 atom stereocenters. The number of furan rings is 1. The van der Waals surface area contributed by atoms with Crippen LogP contribution < -0.4 is 4.74 Å². The number of hydrogen-bond donors (Lipinski definition) is 2.